The van der Waals surface area contributed by atoms with E-state index in [2.05, 4.69) is 15.2 Å². The van der Waals surface area contributed by atoms with E-state index in [0.29, 0.717) is 11.4 Å². The highest BCUT2D eigenvalue weighted by Crippen LogP contribution is 2.24. The maximum Gasteiger partial charge on any atom is 0.259 e. The first-order valence-corrected chi connectivity index (χ1v) is 8.12. The smallest absolute Gasteiger partial charge is 0.259 e. The number of nitrogens with one attached hydrogen (secondary N) is 1. The number of para-hydroxylation sites is 1. The van der Waals surface area contributed by atoms with Crippen molar-refractivity contribution in [2.75, 3.05) is 23.3 Å². The summed E-state index contributed by atoms with van der Waals surface area (Å²) in [5.41, 5.74) is -0.116. The van der Waals surface area contributed by atoms with Crippen LogP contribution in [0, 0.1) is 11.6 Å². The third kappa shape index (κ3) is 3.53. The third-order valence-electron chi connectivity index (χ3n) is 4.14. The number of nitrogens with zero attached hydrogens (tertiary/aromatic N) is 2. The molecule has 0 bridgehead atoms. The van der Waals surface area contributed by atoms with Crippen molar-refractivity contribution in [1.29, 1.82) is 0 Å². The molecule has 1 amide bonds. The average Bonchev–Trinajstić information content (AvgIpc) is 2.87. The van der Waals surface area contributed by atoms with Crippen LogP contribution in [-0.4, -0.2) is 24.0 Å². The number of aromatic nitrogens is 1. The van der Waals surface area contributed by atoms with Crippen LogP contribution in [0.25, 0.3) is 0 Å². The van der Waals surface area contributed by atoms with Crippen LogP contribution in [0.3, 0.4) is 0 Å². The first-order chi connectivity index (χ1) is 11.7. The zero-order valence-electron chi connectivity index (χ0n) is 13.3. The molecule has 1 aliphatic rings. The molecule has 0 saturated carbocycles. The summed E-state index contributed by atoms with van der Waals surface area (Å²) in [6.45, 7) is 1.65. The van der Waals surface area contributed by atoms with E-state index in [9.17, 15) is 13.6 Å². The van der Waals surface area contributed by atoms with Crippen molar-refractivity contribution < 1.29 is 13.6 Å². The minimum atomic E-state index is -0.802. The van der Waals surface area contributed by atoms with Crippen LogP contribution in [0.4, 0.5) is 20.3 Å². The Kier molecular flexibility index (Phi) is 5.03. The maximum absolute atomic E-state index is 13.8. The Morgan fingerprint density at radius 3 is 2.33 bits per heavy atom. The fraction of sp³-hybridized carbons (Fsp3) is 0.333. The van der Waals surface area contributed by atoms with E-state index in [1.807, 2.05) is 0 Å². The summed E-state index contributed by atoms with van der Waals surface area (Å²) in [5, 5.41) is 2.33. The Hall–Kier alpha value is -2.50. The fourth-order valence-corrected chi connectivity index (χ4v) is 2.91. The third-order valence-corrected chi connectivity index (χ3v) is 4.14. The molecule has 6 heteroatoms. The van der Waals surface area contributed by atoms with Gasteiger partial charge in [-0.05, 0) is 37.1 Å². The van der Waals surface area contributed by atoms with Crippen LogP contribution >= 0.6 is 0 Å². The number of rotatable bonds is 3. The largest absolute Gasteiger partial charge is 0.356 e. The van der Waals surface area contributed by atoms with Gasteiger partial charge in [-0.2, -0.15) is 0 Å². The normalized spacial score (nSPS) is 15.0. The summed E-state index contributed by atoms with van der Waals surface area (Å²) < 4.78 is 27.5. The molecule has 4 nitrogen and oxygen atoms in total. The molecule has 1 aromatic heterocycles. The summed E-state index contributed by atoms with van der Waals surface area (Å²) >= 11 is 0. The average molecular weight is 331 g/mol. The molecule has 2 heterocycles. The standard InChI is InChI=1S/C18H19F2N3O/c19-14-8-5-9-15(20)16(14)22-18(24)13-7-6-10-21-17(13)23-11-3-1-2-4-12-23/h5-10H,1-4,11-12H2,(H,22,24). The minimum absolute atomic E-state index is 0.321. The van der Waals surface area contributed by atoms with E-state index in [1.165, 1.54) is 6.07 Å². The van der Waals surface area contributed by atoms with Crippen molar-refractivity contribution in [3.05, 3.63) is 53.7 Å². The molecule has 3 rings (SSSR count). The Morgan fingerprint density at radius 1 is 1.00 bits per heavy atom. The number of hydrogen-bond donors (Lipinski definition) is 1. The summed E-state index contributed by atoms with van der Waals surface area (Å²) in [4.78, 5) is 19.0. The summed E-state index contributed by atoms with van der Waals surface area (Å²) in [6, 6.07) is 6.75. The van der Waals surface area contributed by atoms with Crippen LogP contribution in [0.2, 0.25) is 0 Å². The molecule has 1 saturated heterocycles. The van der Waals surface area contributed by atoms with Gasteiger partial charge < -0.3 is 10.2 Å². The summed E-state index contributed by atoms with van der Waals surface area (Å²) in [7, 11) is 0. The summed E-state index contributed by atoms with van der Waals surface area (Å²) in [5.74, 6) is -1.60. The highest BCUT2D eigenvalue weighted by molar-refractivity contribution is 6.07. The first kappa shape index (κ1) is 16.4. The van der Waals surface area contributed by atoms with Crippen molar-refractivity contribution >= 4 is 17.4 Å². The summed E-state index contributed by atoms with van der Waals surface area (Å²) in [6.07, 6.45) is 6.02. The number of carbonyl (C=O) groups is 1. The SMILES string of the molecule is O=C(Nc1c(F)cccc1F)c1cccnc1N1CCCCCC1. The molecule has 0 radical (unpaired) electrons. The zero-order chi connectivity index (χ0) is 16.9. The van der Waals surface area contributed by atoms with E-state index in [-0.39, 0.29) is 0 Å². The molecule has 0 spiro atoms. The molecule has 2 aromatic rings. The van der Waals surface area contributed by atoms with Crippen LogP contribution in [0.15, 0.2) is 36.5 Å². The molecule has 0 atom stereocenters. The maximum atomic E-state index is 13.8. The van der Waals surface area contributed by atoms with Crippen molar-refractivity contribution in [1.82, 2.24) is 4.98 Å². The van der Waals surface area contributed by atoms with Gasteiger partial charge in [0.25, 0.3) is 5.91 Å². The molecule has 24 heavy (non-hydrogen) atoms. The van der Waals surface area contributed by atoms with Gasteiger partial charge in [0.2, 0.25) is 0 Å². The molecule has 1 fully saturated rings. The highest BCUT2D eigenvalue weighted by atomic mass is 19.1. The van der Waals surface area contributed by atoms with Crippen LogP contribution in [0.1, 0.15) is 36.0 Å². The second kappa shape index (κ2) is 7.38. The number of pyridine rings is 1. The molecule has 126 valence electrons. The van der Waals surface area contributed by atoms with Gasteiger partial charge in [-0.3, -0.25) is 4.79 Å². The lowest BCUT2D eigenvalue weighted by Crippen LogP contribution is -2.28. The quantitative estimate of drug-likeness (QED) is 0.925. The van der Waals surface area contributed by atoms with E-state index in [1.54, 1.807) is 18.3 Å². The lowest BCUT2D eigenvalue weighted by Gasteiger charge is -2.23. The van der Waals surface area contributed by atoms with Crippen molar-refractivity contribution in [2.24, 2.45) is 0 Å². The number of amides is 1. The molecular formula is C18H19F2N3O. The molecule has 0 unspecified atom stereocenters. The predicted molar refractivity (Wildman–Crippen MR) is 89.2 cm³/mol. The van der Waals surface area contributed by atoms with Gasteiger partial charge in [-0.25, -0.2) is 13.8 Å². The van der Waals surface area contributed by atoms with Gasteiger partial charge in [-0.1, -0.05) is 18.9 Å². The van der Waals surface area contributed by atoms with Crippen molar-refractivity contribution in [2.45, 2.75) is 25.7 Å². The van der Waals surface area contributed by atoms with Crippen LogP contribution in [0.5, 0.6) is 0 Å². The van der Waals surface area contributed by atoms with Gasteiger partial charge in [0.1, 0.15) is 23.1 Å². The van der Waals surface area contributed by atoms with Gasteiger partial charge in [0.05, 0.1) is 5.56 Å². The molecular weight excluding hydrogens is 312 g/mol. The lowest BCUT2D eigenvalue weighted by atomic mass is 10.2. The monoisotopic (exact) mass is 331 g/mol. The minimum Gasteiger partial charge on any atom is -0.356 e. The Balaban J connectivity index is 1.87. The zero-order valence-corrected chi connectivity index (χ0v) is 13.3. The van der Waals surface area contributed by atoms with E-state index in [4.69, 9.17) is 0 Å². The highest BCUT2D eigenvalue weighted by Gasteiger charge is 2.20. The Morgan fingerprint density at radius 2 is 1.67 bits per heavy atom. The van der Waals surface area contributed by atoms with E-state index < -0.39 is 23.2 Å². The second-order valence-corrected chi connectivity index (χ2v) is 5.83. The van der Waals surface area contributed by atoms with Gasteiger partial charge in [0, 0.05) is 19.3 Å². The molecule has 0 aliphatic carbocycles. The predicted octanol–water partition coefficient (Wildman–Crippen LogP) is 3.99. The number of hydrogen-bond acceptors (Lipinski definition) is 3. The second-order valence-electron chi connectivity index (χ2n) is 5.83. The van der Waals surface area contributed by atoms with E-state index >= 15 is 0 Å². The number of anilines is 2. The van der Waals surface area contributed by atoms with Crippen LogP contribution in [-0.2, 0) is 0 Å². The Labute approximate surface area is 139 Å². The van der Waals surface area contributed by atoms with Gasteiger partial charge >= 0.3 is 0 Å². The van der Waals surface area contributed by atoms with E-state index in [0.717, 1.165) is 50.9 Å². The Bertz CT molecular complexity index is 708. The number of benzene rings is 1. The topological polar surface area (TPSA) is 45.2 Å². The molecule has 1 aromatic carbocycles. The molecule has 1 N–H and O–H groups in total. The number of carbonyl (C=O) groups excluding carboxylic acids is 1. The van der Waals surface area contributed by atoms with Gasteiger partial charge in [0.15, 0.2) is 0 Å². The molecule has 1 aliphatic heterocycles. The van der Waals surface area contributed by atoms with Crippen molar-refractivity contribution in [3.8, 4) is 0 Å². The van der Waals surface area contributed by atoms with Gasteiger partial charge in [-0.15, -0.1) is 0 Å². The fourth-order valence-electron chi connectivity index (χ4n) is 2.91. The first-order valence-electron chi connectivity index (χ1n) is 8.12. The van der Waals surface area contributed by atoms with Crippen LogP contribution < -0.4 is 10.2 Å². The lowest BCUT2D eigenvalue weighted by molar-refractivity contribution is 0.102. The van der Waals surface area contributed by atoms with Crippen molar-refractivity contribution in [3.63, 3.8) is 0 Å². The number of halogens is 2.